The molecule has 1 aromatic rings. The summed E-state index contributed by atoms with van der Waals surface area (Å²) in [6.45, 7) is 2.03. The SMILES string of the molecule is COCc1nc(Cl)cc(NC(C)C(=O)N(C)C)n1. The Balaban J connectivity index is 2.80. The topological polar surface area (TPSA) is 67.3 Å². The zero-order chi connectivity index (χ0) is 13.7. The van der Waals surface area contributed by atoms with E-state index in [1.165, 1.54) is 4.90 Å². The van der Waals surface area contributed by atoms with Gasteiger partial charge in [0.25, 0.3) is 0 Å². The molecule has 1 atom stereocenters. The Hall–Kier alpha value is -1.40. The molecule has 0 saturated carbocycles. The van der Waals surface area contributed by atoms with Crippen molar-refractivity contribution in [1.29, 1.82) is 0 Å². The van der Waals surface area contributed by atoms with Crippen LogP contribution >= 0.6 is 11.6 Å². The minimum absolute atomic E-state index is 0.0435. The van der Waals surface area contributed by atoms with E-state index in [2.05, 4.69) is 15.3 Å². The molecule has 18 heavy (non-hydrogen) atoms. The standard InChI is InChI=1S/C11H17ClN4O2/c1-7(11(17)16(2)3)13-9-5-8(12)14-10(15-9)6-18-4/h5,7H,6H2,1-4H3,(H,13,14,15). The van der Waals surface area contributed by atoms with Gasteiger partial charge in [0.05, 0.1) is 0 Å². The molecule has 0 bridgehead atoms. The normalized spacial score (nSPS) is 12.1. The predicted molar refractivity (Wildman–Crippen MR) is 69.5 cm³/mol. The number of carbonyl (C=O) groups is 1. The van der Waals surface area contributed by atoms with E-state index in [9.17, 15) is 4.79 Å². The fourth-order valence-electron chi connectivity index (χ4n) is 1.40. The van der Waals surface area contributed by atoms with Crippen molar-refractivity contribution in [2.45, 2.75) is 19.6 Å². The maximum atomic E-state index is 11.7. The van der Waals surface area contributed by atoms with Crippen LogP contribution in [-0.4, -0.2) is 48.0 Å². The summed E-state index contributed by atoms with van der Waals surface area (Å²) >= 11 is 5.87. The van der Waals surface area contributed by atoms with E-state index >= 15 is 0 Å². The van der Waals surface area contributed by atoms with E-state index < -0.39 is 0 Å². The molecule has 0 aliphatic heterocycles. The van der Waals surface area contributed by atoms with Crippen LogP contribution in [0.3, 0.4) is 0 Å². The third-order valence-electron chi connectivity index (χ3n) is 2.19. The summed E-state index contributed by atoms with van der Waals surface area (Å²) in [4.78, 5) is 21.4. The number of ether oxygens (including phenoxy) is 1. The molecular formula is C11H17ClN4O2. The lowest BCUT2D eigenvalue weighted by atomic mass is 10.3. The van der Waals surface area contributed by atoms with Crippen molar-refractivity contribution in [1.82, 2.24) is 14.9 Å². The first kappa shape index (κ1) is 14.7. The minimum atomic E-state index is -0.388. The highest BCUT2D eigenvalue weighted by atomic mass is 35.5. The molecule has 1 rings (SSSR count). The van der Waals surface area contributed by atoms with Crippen molar-refractivity contribution < 1.29 is 9.53 Å². The third kappa shape index (κ3) is 4.12. The number of likely N-dealkylation sites (N-methyl/N-ethyl adjacent to an activating group) is 1. The Morgan fingerprint density at radius 3 is 2.78 bits per heavy atom. The van der Waals surface area contributed by atoms with Gasteiger partial charge >= 0.3 is 0 Å². The molecule has 0 aliphatic rings. The van der Waals surface area contributed by atoms with Gasteiger partial charge in [-0.25, -0.2) is 9.97 Å². The molecule has 1 N–H and O–H groups in total. The van der Waals surface area contributed by atoms with Crippen LogP contribution < -0.4 is 5.32 Å². The first-order chi connectivity index (χ1) is 8.43. The van der Waals surface area contributed by atoms with Crippen LogP contribution in [-0.2, 0) is 16.1 Å². The summed E-state index contributed by atoms with van der Waals surface area (Å²) in [6, 6.07) is 1.18. The molecule has 0 radical (unpaired) electrons. The van der Waals surface area contributed by atoms with E-state index in [-0.39, 0.29) is 18.6 Å². The number of halogens is 1. The van der Waals surface area contributed by atoms with E-state index in [4.69, 9.17) is 16.3 Å². The highest BCUT2D eigenvalue weighted by molar-refractivity contribution is 6.29. The van der Waals surface area contributed by atoms with Gasteiger partial charge in [-0.3, -0.25) is 4.79 Å². The van der Waals surface area contributed by atoms with Gasteiger partial charge in [0.15, 0.2) is 5.82 Å². The van der Waals surface area contributed by atoms with Gasteiger partial charge in [0.2, 0.25) is 5.91 Å². The monoisotopic (exact) mass is 272 g/mol. The van der Waals surface area contributed by atoms with Crippen LogP contribution in [0, 0.1) is 0 Å². The number of rotatable bonds is 5. The fraction of sp³-hybridized carbons (Fsp3) is 0.545. The summed E-state index contributed by atoms with van der Waals surface area (Å²) in [7, 11) is 4.95. The molecule has 0 saturated heterocycles. The minimum Gasteiger partial charge on any atom is -0.377 e. The van der Waals surface area contributed by atoms with Gasteiger partial charge in [-0.05, 0) is 6.92 Å². The number of anilines is 1. The lowest BCUT2D eigenvalue weighted by Gasteiger charge is -2.18. The van der Waals surface area contributed by atoms with Crippen LogP contribution in [0.2, 0.25) is 5.15 Å². The molecule has 0 spiro atoms. The van der Waals surface area contributed by atoms with Gasteiger partial charge in [-0.2, -0.15) is 0 Å². The van der Waals surface area contributed by atoms with Crippen LogP contribution in [0.5, 0.6) is 0 Å². The van der Waals surface area contributed by atoms with Crippen LogP contribution in [0.1, 0.15) is 12.7 Å². The predicted octanol–water partition coefficient (Wildman–Crippen LogP) is 1.16. The molecule has 1 heterocycles. The third-order valence-corrected chi connectivity index (χ3v) is 2.38. The second-order valence-electron chi connectivity index (χ2n) is 4.02. The Morgan fingerprint density at radius 2 is 2.22 bits per heavy atom. The van der Waals surface area contributed by atoms with Gasteiger partial charge in [-0.15, -0.1) is 0 Å². The first-order valence-electron chi connectivity index (χ1n) is 5.44. The molecule has 6 nitrogen and oxygen atoms in total. The van der Waals surface area contributed by atoms with Crippen molar-refractivity contribution in [3.63, 3.8) is 0 Å². The lowest BCUT2D eigenvalue weighted by Crippen LogP contribution is -2.36. The molecule has 0 aromatic carbocycles. The number of aromatic nitrogens is 2. The van der Waals surface area contributed by atoms with Gasteiger partial charge in [0, 0.05) is 27.3 Å². The van der Waals surface area contributed by atoms with Crippen molar-refractivity contribution in [3.05, 3.63) is 17.0 Å². The number of carbonyl (C=O) groups excluding carboxylic acids is 1. The van der Waals surface area contributed by atoms with Crippen molar-refractivity contribution in [2.24, 2.45) is 0 Å². The summed E-state index contributed by atoms with van der Waals surface area (Å²) in [5.74, 6) is 0.930. The van der Waals surface area contributed by atoms with Crippen molar-refractivity contribution in [3.8, 4) is 0 Å². The number of amides is 1. The van der Waals surface area contributed by atoms with E-state index in [1.807, 2.05) is 0 Å². The number of nitrogens with one attached hydrogen (secondary N) is 1. The second-order valence-corrected chi connectivity index (χ2v) is 4.41. The Morgan fingerprint density at radius 1 is 1.56 bits per heavy atom. The van der Waals surface area contributed by atoms with E-state index in [0.717, 1.165) is 0 Å². The Labute approximate surface area is 111 Å². The number of methoxy groups -OCH3 is 1. The molecule has 100 valence electrons. The van der Waals surface area contributed by atoms with Gasteiger partial charge in [-0.1, -0.05) is 11.6 Å². The maximum absolute atomic E-state index is 11.7. The zero-order valence-electron chi connectivity index (χ0n) is 10.9. The summed E-state index contributed by atoms with van der Waals surface area (Å²) < 4.78 is 4.94. The molecular weight excluding hydrogens is 256 g/mol. The molecule has 0 fully saturated rings. The Kier molecular flexibility index (Phi) is 5.30. The maximum Gasteiger partial charge on any atom is 0.244 e. The summed E-state index contributed by atoms with van der Waals surface area (Å²) in [5, 5.41) is 3.29. The van der Waals surface area contributed by atoms with E-state index in [1.54, 1.807) is 34.2 Å². The van der Waals surface area contributed by atoms with Crippen LogP contribution in [0.15, 0.2) is 6.07 Å². The average molecular weight is 273 g/mol. The largest absolute Gasteiger partial charge is 0.377 e. The van der Waals surface area contributed by atoms with Crippen LogP contribution in [0.4, 0.5) is 5.82 Å². The average Bonchev–Trinajstić information content (AvgIpc) is 2.27. The highest BCUT2D eigenvalue weighted by Crippen LogP contribution is 2.13. The van der Waals surface area contributed by atoms with Gasteiger partial charge in [0.1, 0.15) is 23.6 Å². The van der Waals surface area contributed by atoms with E-state index in [0.29, 0.717) is 16.8 Å². The Bertz CT molecular complexity index is 426. The summed E-state index contributed by atoms with van der Waals surface area (Å²) in [6.07, 6.45) is 0. The van der Waals surface area contributed by atoms with Gasteiger partial charge < -0.3 is 15.0 Å². The molecule has 1 unspecified atom stereocenters. The van der Waals surface area contributed by atoms with Crippen molar-refractivity contribution >= 4 is 23.3 Å². The fourth-order valence-corrected chi connectivity index (χ4v) is 1.60. The molecule has 1 amide bonds. The number of nitrogens with zero attached hydrogens (tertiary/aromatic N) is 3. The van der Waals surface area contributed by atoms with Crippen LogP contribution in [0.25, 0.3) is 0 Å². The second kappa shape index (κ2) is 6.51. The van der Waals surface area contributed by atoms with Crippen molar-refractivity contribution in [2.75, 3.05) is 26.5 Å². The molecule has 1 aromatic heterocycles. The first-order valence-corrected chi connectivity index (χ1v) is 5.82. The number of hydrogen-bond acceptors (Lipinski definition) is 5. The number of hydrogen-bond donors (Lipinski definition) is 1. The zero-order valence-corrected chi connectivity index (χ0v) is 11.7. The lowest BCUT2D eigenvalue weighted by molar-refractivity contribution is -0.129. The smallest absolute Gasteiger partial charge is 0.244 e. The summed E-state index contributed by atoms with van der Waals surface area (Å²) in [5.41, 5.74) is 0. The molecule has 0 aliphatic carbocycles. The molecule has 7 heteroatoms. The quantitative estimate of drug-likeness (QED) is 0.815. The highest BCUT2D eigenvalue weighted by Gasteiger charge is 2.15.